The van der Waals surface area contributed by atoms with Crippen molar-refractivity contribution in [1.29, 1.82) is 0 Å². The summed E-state index contributed by atoms with van der Waals surface area (Å²) < 4.78 is 56.1. The number of halogens is 4. The number of non-ortho nitro benzene ring substituents is 1. The Kier molecular flexibility index (Phi) is 5.83. The van der Waals surface area contributed by atoms with Gasteiger partial charge in [0.15, 0.2) is 0 Å². The molecule has 12 heteroatoms. The summed E-state index contributed by atoms with van der Waals surface area (Å²) in [4.78, 5) is 35.5. The molecule has 2 N–H and O–H groups in total. The van der Waals surface area contributed by atoms with E-state index in [4.69, 9.17) is 0 Å². The number of nitrogens with one attached hydrogen (secondary N) is 1. The minimum absolute atomic E-state index is 0.00543. The maximum atomic E-state index is 14.6. The molecule has 2 aromatic carbocycles. The van der Waals surface area contributed by atoms with E-state index >= 15 is 0 Å². The Labute approximate surface area is 194 Å². The predicted octanol–water partition coefficient (Wildman–Crippen LogP) is 4.82. The number of alkyl halides is 3. The van der Waals surface area contributed by atoms with Crippen LogP contribution in [-0.2, 0) is 17.5 Å². The Balaban J connectivity index is 2.05. The summed E-state index contributed by atoms with van der Waals surface area (Å²) in [5, 5.41) is 23.5. The highest BCUT2D eigenvalue weighted by Gasteiger charge is 2.38. The Morgan fingerprint density at radius 3 is 2.54 bits per heavy atom. The SMILES string of the molecule is CC1C=CNC(=O)C1c1c(C(=O)O)n(Cc2cc([N+](=O)[O-])ccc2F)c2ccc(C(F)(F)F)cc12. The second kappa shape index (κ2) is 8.53. The van der Waals surface area contributed by atoms with Gasteiger partial charge in [-0.05, 0) is 30.2 Å². The largest absolute Gasteiger partial charge is 0.477 e. The Morgan fingerprint density at radius 1 is 1.23 bits per heavy atom. The standard InChI is InChI=1S/C23H17F4N3O5/c1-11-6-7-28-21(31)18(11)19-15-9-13(23(25,26)27)2-5-17(15)29(20(19)22(32)33)10-12-8-14(30(34)35)3-4-16(12)24/h2-9,11,18H,10H2,1H3,(H,28,31)(H,32,33). The van der Waals surface area contributed by atoms with Crippen LogP contribution in [0.3, 0.4) is 0 Å². The van der Waals surface area contributed by atoms with Gasteiger partial charge in [0.2, 0.25) is 5.91 Å². The van der Waals surface area contributed by atoms with Crippen LogP contribution in [0.2, 0.25) is 0 Å². The van der Waals surface area contributed by atoms with Gasteiger partial charge in [-0.25, -0.2) is 9.18 Å². The highest BCUT2D eigenvalue weighted by molar-refractivity contribution is 6.03. The first-order chi connectivity index (χ1) is 16.4. The molecule has 0 saturated carbocycles. The molecule has 4 rings (SSSR count). The summed E-state index contributed by atoms with van der Waals surface area (Å²) in [6, 6.07) is 5.27. The fourth-order valence-electron chi connectivity index (χ4n) is 4.35. The third kappa shape index (κ3) is 4.22. The molecule has 0 radical (unpaired) electrons. The normalized spacial score (nSPS) is 18.0. The molecule has 1 amide bonds. The summed E-state index contributed by atoms with van der Waals surface area (Å²) in [7, 11) is 0. The van der Waals surface area contributed by atoms with E-state index in [1.54, 1.807) is 13.0 Å². The number of amides is 1. The number of nitro benzene ring substituents is 1. The van der Waals surface area contributed by atoms with Crippen LogP contribution in [0.25, 0.3) is 10.9 Å². The smallest absolute Gasteiger partial charge is 0.416 e. The van der Waals surface area contributed by atoms with Gasteiger partial charge >= 0.3 is 12.1 Å². The lowest BCUT2D eigenvalue weighted by atomic mass is 9.83. The zero-order chi connectivity index (χ0) is 25.7. The molecule has 0 fully saturated rings. The van der Waals surface area contributed by atoms with Gasteiger partial charge in [-0.2, -0.15) is 13.2 Å². The molecule has 2 atom stereocenters. The second-order valence-corrected chi connectivity index (χ2v) is 8.12. The van der Waals surface area contributed by atoms with Gasteiger partial charge in [0, 0.05) is 40.4 Å². The van der Waals surface area contributed by atoms with Crippen LogP contribution in [-0.4, -0.2) is 26.5 Å². The van der Waals surface area contributed by atoms with E-state index in [0.717, 1.165) is 41.0 Å². The van der Waals surface area contributed by atoms with Crippen LogP contribution >= 0.6 is 0 Å². The molecule has 2 unspecified atom stereocenters. The number of hydrogen-bond acceptors (Lipinski definition) is 4. The summed E-state index contributed by atoms with van der Waals surface area (Å²) in [6.45, 7) is 1.08. The Hall–Kier alpha value is -4.22. The number of fused-ring (bicyclic) bond motifs is 1. The average Bonchev–Trinajstić information content (AvgIpc) is 3.08. The van der Waals surface area contributed by atoms with Gasteiger partial charge in [0.25, 0.3) is 5.69 Å². The maximum Gasteiger partial charge on any atom is 0.416 e. The topological polar surface area (TPSA) is 114 Å². The summed E-state index contributed by atoms with van der Waals surface area (Å²) in [6.07, 6.45) is -1.80. The Morgan fingerprint density at radius 2 is 1.94 bits per heavy atom. The molecular formula is C23H17F4N3O5. The van der Waals surface area contributed by atoms with Crippen molar-refractivity contribution in [2.24, 2.45) is 5.92 Å². The van der Waals surface area contributed by atoms with E-state index in [2.05, 4.69) is 5.32 Å². The molecule has 8 nitrogen and oxygen atoms in total. The molecule has 0 aliphatic carbocycles. The zero-order valence-electron chi connectivity index (χ0n) is 18.0. The van der Waals surface area contributed by atoms with Gasteiger partial charge in [-0.1, -0.05) is 13.0 Å². The first-order valence-corrected chi connectivity index (χ1v) is 10.3. The molecule has 2 heterocycles. The van der Waals surface area contributed by atoms with E-state index in [9.17, 15) is 42.4 Å². The molecule has 1 aliphatic heterocycles. The molecule has 182 valence electrons. The number of hydrogen-bond donors (Lipinski definition) is 2. The van der Waals surface area contributed by atoms with Crippen LogP contribution in [0.4, 0.5) is 23.2 Å². The van der Waals surface area contributed by atoms with Crippen molar-refractivity contribution in [3.63, 3.8) is 0 Å². The number of benzene rings is 2. The van der Waals surface area contributed by atoms with Crippen molar-refractivity contribution in [2.75, 3.05) is 0 Å². The van der Waals surface area contributed by atoms with E-state index in [1.807, 2.05) is 0 Å². The number of nitro groups is 1. The van der Waals surface area contributed by atoms with Gasteiger partial charge in [-0.15, -0.1) is 0 Å². The second-order valence-electron chi connectivity index (χ2n) is 8.12. The van der Waals surface area contributed by atoms with E-state index < -0.39 is 64.1 Å². The highest BCUT2D eigenvalue weighted by Crippen LogP contribution is 2.41. The third-order valence-electron chi connectivity index (χ3n) is 5.95. The zero-order valence-corrected chi connectivity index (χ0v) is 18.0. The number of allylic oxidation sites excluding steroid dienone is 1. The molecule has 3 aromatic rings. The van der Waals surface area contributed by atoms with Crippen LogP contribution in [0.15, 0.2) is 48.7 Å². The maximum absolute atomic E-state index is 14.6. The predicted molar refractivity (Wildman–Crippen MR) is 115 cm³/mol. The van der Waals surface area contributed by atoms with Gasteiger partial charge in [0.05, 0.1) is 22.9 Å². The van der Waals surface area contributed by atoms with Crippen molar-refractivity contribution in [3.8, 4) is 0 Å². The number of rotatable bonds is 5. The van der Waals surface area contributed by atoms with E-state index in [-0.39, 0.29) is 22.0 Å². The molecule has 0 bridgehead atoms. The lowest BCUT2D eigenvalue weighted by molar-refractivity contribution is -0.385. The fourth-order valence-corrected chi connectivity index (χ4v) is 4.35. The first-order valence-electron chi connectivity index (χ1n) is 10.3. The minimum atomic E-state index is -4.75. The van der Waals surface area contributed by atoms with Crippen molar-refractivity contribution in [1.82, 2.24) is 9.88 Å². The average molecular weight is 491 g/mol. The molecule has 0 saturated heterocycles. The molecular weight excluding hydrogens is 474 g/mol. The Bertz CT molecular complexity index is 1410. The van der Waals surface area contributed by atoms with Crippen LogP contribution in [0, 0.1) is 21.8 Å². The summed E-state index contributed by atoms with van der Waals surface area (Å²) >= 11 is 0. The minimum Gasteiger partial charge on any atom is -0.477 e. The number of aromatic carboxylic acids is 1. The van der Waals surface area contributed by atoms with Crippen molar-refractivity contribution >= 4 is 28.5 Å². The monoisotopic (exact) mass is 491 g/mol. The molecule has 1 aliphatic rings. The quantitative estimate of drug-likeness (QED) is 0.302. The summed E-state index contributed by atoms with van der Waals surface area (Å²) in [5.74, 6) is -4.74. The summed E-state index contributed by atoms with van der Waals surface area (Å²) in [5.41, 5.74) is -2.40. The number of nitrogens with zero attached hydrogens (tertiary/aromatic N) is 2. The number of carboxylic acid groups (broad SMARTS) is 1. The number of carboxylic acids is 1. The number of carbonyl (C=O) groups is 2. The lowest BCUT2D eigenvalue weighted by Crippen LogP contribution is -2.33. The fraction of sp³-hybridized carbons (Fsp3) is 0.217. The lowest BCUT2D eigenvalue weighted by Gasteiger charge is -2.24. The van der Waals surface area contributed by atoms with Gasteiger partial charge < -0.3 is 15.0 Å². The van der Waals surface area contributed by atoms with Crippen molar-refractivity contribution in [3.05, 3.63) is 87.0 Å². The molecule has 35 heavy (non-hydrogen) atoms. The number of aromatic nitrogens is 1. The van der Waals surface area contributed by atoms with Gasteiger partial charge in [0.1, 0.15) is 11.5 Å². The van der Waals surface area contributed by atoms with E-state index in [0.29, 0.717) is 0 Å². The molecule has 1 aromatic heterocycles. The molecule has 0 spiro atoms. The van der Waals surface area contributed by atoms with Crippen LogP contribution < -0.4 is 5.32 Å². The van der Waals surface area contributed by atoms with Gasteiger partial charge in [-0.3, -0.25) is 14.9 Å². The van der Waals surface area contributed by atoms with Crippen LogP contribution in [0.1, 0.15) is 40.0 Å². The van der Waals surface area contributed by atoms with Crippen molar-refractivity contribution < 1.29 is 37.2 Å². The van der Waals surface area contributed by atoms with Crippen molar-refractivity contribution in [2.45, 2.75) is 25.6 Å². The number of carbonyl (C=O) groups excluding carboxylic acids is 1. The highest BCUT2D eigenvalue weighted by atomic mass is 19.4. The third-order valence-corrected chi connectivity index (χ3v) is 5.95. The first kappa shape index (κ1) is 23.9. The van der Waals surface area contributed by atoms with Crippen LogP contribution in [0.5, 0.6) is 0 Å². The van der Waals surface area contributed by atoms with E-state index in [1.165, 1.54) is 6.20 Å².